The highest BCUT2D eigenvalue weighted by atomic mass is 79.9. The normalized spacial score (nSPS) is 11.8. The number of aryl methyl sites for hydroxylation is 1. The first-order chi connectivity index (χ1) is 9.51. The number of rotatable bonds is 6. The minimum atomic E-state index is -0.297. The Morgan fingerprint density at radius 2 is 2.20 bits per heavy atom. The van der Waals surface area contributed by atoms with Gasteiger partial charge in [0.05, 0.1) is 12.8 Å². The summed E-state index contributed by atoms with van der Waals surface area (Å²) < 4.78 is 6.17. The summed E-state index contributed by atoms with van der Waals surface area (Å²) in [6.45, 7) is 3.92. The quantitative estimate of drug-likeness (QED) is 0.742. The molecule has 0 aliphatic rings. The van der Waals surface area contributed by atoms with Gasteiger partial charge < -0.3 is 20.5 Å². The maximum absolute atomic E-state index is 12.0. The molecule has 112 valence electrons. The van der Waals surface area contributed by atoms with Gasteiger partial charge in [-0.1, -0.05) is 22.9 Å². The fourth-order valence-corrected chi connectivity index (χ4v) is 2.45. The number of methoxy groups -OCH3 is 1. The predicted octanol–water partition coefficient (Wildman–Crippen LogP) is 3.05. The lowest BCUT2D eigenvalue weighted by molar-refractivity contribution is 0.237. The van der Waals surface area contributed by atoms with Crippen LogP contribution < -0.4 is 15.4 Å². The van der Waals surface area contributed by atoms with Gasteiger partial charge in [-0.15, -0.1) is 0 Å². The lowest BCUT2D eigenvalue weighted by Crippen LogP contribution is -2.38. The second kappa shape index (κ2) is 8.11. The van der Waals surface area contributed by atoms with Gasteiger partial charge in [-0.25, -0.2) is 4.79 Å². The molecule has 3 N–H and O–H groups in total. The third-order valence-electron chi connectivity index (χ3n) is 3.03. The van der Waals surface area contributed by atoms with E-state index in [9.17, 15) is 4.79 Å². The number of carbonyl (C=O) groups excluding carboxylic acids is 1. The third-order valence-corrected chi connectivity index (χ3v) is 3.49. The maximum atomic E-state index is 12.0. The van der Waals surface area contributed by atoms with Crippen molar-refractivity contribution in [2.75, 3.05) is 19.0 Å². The van der Waals surface area contributed by atoms with Crippen molar-refractivity contribution in [3.05, 3.63) is 22.2 Å². The summed E-state index contributed by atoms with van der Waals surface area (Å²) >= 11 is 3.39. The molecule has 0 fully saturated rings. The summed E-state index contributed by atoms with van der Waals surface area (Å²) in [5.74, 6) is 0.599. The number of halogens is 1. The number of nitrogens with one attached hydrogen (secondary N) is 2. The molecule has 0 aliphatic heterocycles. The molecule has 0 radical (unpaired) electrons. The van der Waals surface area contributed by atoms with E-state index >= 15 is 0 Å². The first kappa shape index (κ1) is 16.8. The molecule has 0 saturated carbocycles. The summed E-state index contributed by atoms with van der Waals surface area (Å²) in [6, 6.07) is 3.37. The smallest absolute Gasteiger partial charge is 0.319 e. The second-order valence-electron chi connectivity index (χ2n) is 4.52. The van der Waals surface area contributed by atoms with Crippen LogP contribution in [0.5, 0.6) is 5.75 Å². The van der Waals surface area contributed by atoms with Crippen LogP contribution in [0.3, 0.4) is 0 Å². The van der Waals surface area contributed by atoms with E-state index in [0.717, 1.165) is 16.5 Å². The Kier molecular flexibility index (Phi) is 6.81. The van der Waals surface area contributed by atoms with Crippen LogP contribution in [0.2, 0.25) is 0 Å². The zero-order valence-electron chi connectivity index (χ0n) is 12.0. The van der Waals surface area contributed by atoms with Crippen LogP contribution in [-0.2, 0) is 0 Å². The number of ether oxygens (including phenoxy) is 1. The molecule has 0 aliphatic carbocycles. The van der Waals surface area contributed by atoms with Gasteiger partial charge in [-0.3, -0.25) is 0 Å². The Labute approximate surface area is 127 Å². The van der Waals surface area contributed by atoms with Crippen molar-refractivity contribution in [1.29, 1.82) is 0 Å². The Hall–Kier alpha value is -1.27. The summed E-state index contributed by atoms with van der Waals surface area (Å²) in [7, 11) is 1.56. The molecule has 0 bridgehead atoms. The molecule has 1 aromatic carbocycles. The highest BCUT2D eigenvalue weighted by Gasteiger charge is 2.14. The SMILES string of the molecule is CC[C@@H](CCO)NC(=O)Nc1c(C)cc(Br)cc1OC. The van der Waals surface area contributed by atoms with E-state index in [4.69, 9.17) is 9.84 Å². The predicted molar refractivity (Wildman–Crippen MR) is 83.4 cm³/mol. The van der Waals surface area contributed by atoms with Crippen molar-refractivity contribution in [1.82, 2.24) is 5.32 Å². The fraction of sp³-hybridized carbons (Fsp3) is 0.500. The van der Waals surface area contributed by atoms with E-state index in [1.165, 1.54) is 0 Å². The van der Waals surface area contributed by atoms with E-state index < -0.39 is 0 Å². The van der Waals surface area contributed by atoms with Crippen LogP contribution in [0.15, 0.2) is 16.6 Å². The van der Waals surface area contributed by atoms with Crippen molar-refractivity contribution >= 4 is 27.6 Å². The van der Waals surface area contributed by atoms with Crippen LogP contribution in [0.4, 0.5) is 10.5 Å². The van der Waals surface area contributed by atoms with Gasteiger partial charge in [0.1, 0.15) is 5.75 Å². The van der Waals surface area contributed by atoms with Gasteiger partial charge in [-0.05, 0) is 37.5 Å². The number of aliphatic hydroxyl groups excluding tert-OH is 1. The van der Waals surface area contributed by atoms with Crippen molar-refractivity contribution in [3.63, 3.8) is 0 Å². The Balaban J connectivity index is 2.80. The highest BCUT2D eigenvalue weighted by Crippen LogP contribution is 2.31. The number of benzene rings is 1. The highest BCUT2D eigenvalue weighted by molar-refractivity contribution is 9.10. The van der Waals surface area contributed by atoms with E-state index in [-0.39, 0.29) is 18.7 Å². The number of carbonyl (C=O) groups is 1. The van der Waals surface area contributed by atoms with E-state index in [2.05, 4.69) is 26.6 Å². The first-order valence-electron chi connectivity index (χ1n) is 6.54. The molecular formula is C14H21BrN2O3. The van der Waals surface area contributed by atoms with Crippen LogP contribution in [0.1, 0.15) is 25.3 Å². The molecule has 1 atom stereocenters. The zero-order chi connectivity index (χ0) is 15.1. The molecule has 6 heteroatoms. The van der Waals surface area contributed by atoms with Crippen molar-refractivity contribution < 1.29 is 14.6 Å². The van der Waals surface area contributed by atoms with Crippen LogP contribution in [-0.4, -0.2) is 30.9 Å². The monoisotopic (exact) mass is 344 g/mol. The van der Waals surface area contributed by atoms with Gasteiger partial charge in [0, 0.05) is 17.1 Å². The van der Waals surface area contributed by atoms with Crippen LogP contribution in [0.25, 0.3) is 0 Å². The first-order valence-corrected chi connectivity index (χ1v) is 7.33. The molecular weight excluding hydrogens is 324 g/mol. The Morgan fingerprint density at radius 3 is 2.75 bits per heavy atom. The lowest BCUT2D eigenvalue weighted by atomic mass is 10.1. The summed E-state index contributed by atoms with van der Waals surface area (Å²) in [5, 5.41) is 14.6. The van der Waals surface area contributed by atoms with Gasteiger partial charge in [0.15, 0.2) is 0 Å². The van der Waals surface area contributed by atoms with E-state index in [1.807, 2.05) is 19.9 Å². The van der Waals surface area contributed by atoms with Crippen molar-refractivity contribution in [2.45, 2.75) is 32.7 Å². The Bertz CT molecular complexity index is 466. The van der Waals surface area contributed by atoms with Crippen LogP contribution in [0, 0.1) is 6.92 Å². The standard InChI is InChI=1S/C14H21BrN2O3/c1-4-11(5-6-18)16-14(19)17-13-9(2)7-10(15)8-12(13)20-3/h7-8,11,18H,4-6H2,1-3H3,(H2,16,17,19)/t11-/m0/s1. The summed E-state index contributed by atoms with van der Waals surface area (Å²) in [6.07, 6.45) is 1.31. The van der Waals surface area contributed by atoms with E-state index in [0.29, 0.717) is 17.9 Å². The van der Waals surface area contributed by atoms with Gasteiger partial charge in [0.2, 0.25) is 0 Å². The topological polar surface area (TPSA) is 70.6 Å². The molecule has 0 saturated heterocycles. The van der Waals surface area contributed by atoms with Crippen molar-refractivity contribution in [3.8, 4) is 5.75 Å². The number of aliphatic hydroxyl groups is 1. The summed E-state index contributed by atoms with van der Waals surface area (Å²) in [5.41, 5.74) is 1.55. The molecule has 0 aromatic heterocycles. The lowest BCUT2D eigenvalue weighted by Gasteiger charge is -2.18. The van der Waals surface area contributed by atoms with Crippen LogP contribution >= 0.6 is 15.9 Å². The van der Waals surface area contributed by atoms with Gasteiger partial charge in [0.25, 0.3) is 0 Å². The minimum absolute atomic E-state index is 0.0400. The molecule has 0 heterocycles. The molecule has 20 heavy (non-hydrogen) atoms. The largest absolute Gasteiger partial charge is 0.495 e. The molecule has 1 rings (SSSR count). The third kappa shape index (κ3) is 4.68. The summed E-state index contributed by atoms with van der Waals surface area (Å²) in [4.78, 5) is 12.0. The second-order valence-corrected chi connectivity index (χ2v) is 5.43. The molecule has 0 spiro atoms. The average Bonchev–Trinajstić information content (AvgIpc) is 2.40. The van der Waals surface area contributed by atoms with E-state index in [1.54, 1.807) is 13.2 Å². The van der Waals surface area contributed by atoms with Crippen molar-refractivity contribution in [2.24, 2.45) is 0 Å². The number of amides is 2. The zero-order valence-corrected chi connectivity index (χ0v) is 13.6. The number of anilines is 1. The number of urea groups is 1. The number of hydrogen-bond donors (Lipinski definition) is 3. The van der Waals surface area contributed by atoms with Gasteiger partial charge in [-0.2, -0.15) is 0 Å². The number of hydrogen-bond acceptors (Lipinski definition) is 3. The molecule has 0 unspecified atom stereocenters. The fourth-order valence-electron chi connectivity index (χ4n) is 1.90. The molecule has 2 amide bonds. The van der Waals surface area contributed by atoms with Gasteiger partial charge >= 0.3 is 6.03 Å². The Morgan fingerprint density at radius 1 is 1.50 bits per heavy atom. The molecule has 5 nitrogen and oxygen atoms in total. The average molecular weight is 345 g/mol. The maximum Gasteiger partial charge on any atom is 0.319 e. The minimum Gasteiger partial charge on any atom is -0.495 e. The molecule has 1 aromatic rings.